The number of aryl methyl sites for hydroxylation is 1. The van der Waals surface area contributed by atoms with Crippen molar-refractivity contribution in [2.45, 2.75) is 31.2 Å². The van der Waals surface area contributed by atoms with Crippen molar-refractivity contribution in [3.05, 3.63) is 63.3 Å². The van der Waals surface area contributed by atoms with Gasteiger partial charge in [-0.25, -0.2) is 0 Å². The summed E-state index contributed by atoms with van der Waals surface area (Å²) in [6.07, 6.45) is 1.96. The normalized spacial score (nSPS) is 13.4. The summed E-state index contributed by atoms with van der Waals surface area (Å²) < 4.78 is 2.92. The number of hydrogen-bond acceptors (Lipinski definition) is 2. The molecule has 3 aromatic rings. The van der Waals surface area contributed by atoms with Crippen LogP contribution in [-0.2, 0) is 24.2 Å². The van der Waals surface area contributed by atoms with E-state index < -0.39 is 5.97 Å². The number of thioether (sulfide) groups is 1. The third-order valence-electron chi connectivity index (χ3n) is 4.84. The van der Waals surface area contributed by atoms with Crippen LogP contribution in [0.2, 0.25) is 0 Å². The number of aliphatic carboxylic acids is 1. The molecule has 1 aromatic heterocycles. The van der Waals surface area contributed by atoms with E-state index in [1.54, 1.807) is 0 Å². The van der Waals surface area contributed by atoms with E-state index in [4.69, 9.17) is 0 Å². The molecule has 128 valence electrons. The van der Waals surface area contributed by atoms with Gasteiger partial charge in [0.1, 0.15) is 6.54 Å². The number of nitrogens with zero attached hydrogens (tertiary/aromatic N) is 1. The van der Waals surface area contributed by atoms with Crippen LogP contribution in [-0.4, -0.2) is 21.4 Å². The first-order valence-corrected chi connectivity index (χ1v) is 10.0. The summed E-state index contributed by atoms with van der Waals surface area (Å²) in [4.78, 5) is 12.7. The lowest BCUT2D eigenvalue weighted by molar-refractivity contribution is -0.137. The van der Waals surface area contributed by atoms with E-state index in [0.717, 1.165) is 33.9 Å². The standard InChI is InChI=1S/C20H18BrNO2S/c1-12-16(9-13-2-5-19-14(8-13)6-7-25-19)17-10-15(21)3-4-18(17)22(12)11-20(23)24/h2-5,8,10H,6-7,9,11H2,1H3,(H,23,24). The molecule has 0 fully saturated rings. The van der Waals surface area contributed by atoms with Gasteiger partial charge >= 0.3 is 5.97 Å². The van der Waals surface area contributed by atoms with Crippen molar-refractivity contribution in [3.63, 3.8) is 0 Å². The van der Waals surface area contributed by atoms with Gasteiger partial charge in [0.2, 0.25) is 0 Å². The zero-order valence-electron chi connectivity index (χ0n) is 13.9. The van der Waals surface area contributed by atoms with E-state index in [9.17, 15) is 9.90 Å². The number of carbonyl (C=O) groups is 1. The molecule has 0 unspecified atom stereocenters. The number of rotatable bonds is 4. The zero-order valence-corrected chi connectivity index (χ0v) is 16.3. The summed E-state index contributed by atoms with van der Waals surface area (Å²) in [5.41, 5.74) is 5.96. The van der Waals surface area contributed by atoms with Crippen LogP contribution in [0.15, 0.2) is 45.8 Å². The second kappa shape index (κ2) is 6.54. The second-order valence-corrected chi connectivity index (χ2v) is 8.48. The van der Waals surface area contributed by atoms with Crippen molar-refractivity contribution in [1.82, 2.24) is 4.57 Å². The van der Waals surface area contributed by atoms with Gasteiger partial charge in [0, 0.05) is 31.7 Å². The van der Waals surface area contributed by atoms with E-state index in [1.165, 1.54) is 27.3 Å². The summed E-state index contributed by atoms with van der Waals surface area (Å²) in [6.45, 7) is 2.01. The average Bonchev–Trinajstić information content (AvgIpc) is 3.13. The van der Waals surface area contributed by atoms with E-state index in [1.807, 2.05) is 35.4 Å². The summed E-state index contributed by atoms with van der Waals surface area (Å²) >= 11 is 5.47. The Morgan fingerprint density at radius 3 is 2.92 bits per heavy atom. The molecular formula is C20H18BrNO2S. The Morgan fingerprint density at radius 2 is 2.12 bits per heavy atom. The molecule has 3 nitrogen and oxygen atoms in total. The summed E-state index contributed by atoms with van der Waals surface area (Å²) in [5, 5.41) is 10.4. The van der Waals surface area contributed by atoms with Crippen molar-refractivity contribution in [3.8, 4) is 0 Å². The fraction of sp³-hybridized carbons (Fsp3) is 0.250. The van der Waals surface area contributed by atoms with Gasteiger partial charge in [-0.1, -0.05) is 28.1 Å². The fourth-order valence-corrected chi connectivity index (χ4v) is 5.05. The van der Waals surface area contributed by atoms with Gasteiger partial charge in [-0.2, -0.15) is 0 Å². The van der Waals surface area contributed by atoms with Crippen LogP contribution in [0.25, 0.3) is 10.9 Å². The first-order valence-electron chi connectivity index (χ1n) is 8.26. The van der Waals surface area contributed by atoms with Crippen molar-refractivity contribution in [2.24, 2.45) is 0 Å². The summed E-state index contributed by atoms with van der Waals surface area (Å²) in [5.74, 6) is 0.354. The maximum atomic E-state index is 11.3. The number of aromatic nitrogens is 1. The maximum Gasteiger partial charge on any atom is 0.323 e. The maximum absolute atomic E-state index is 11.3. The highest BCUT2D eigenvalue weighted by Crippen LogP contribution is 2.34. The molecule has 1 aliphatic heterocycles. The van der Waals surface area contributed by atoms with Gasteiger partial charge in [-0.15, -0.1) is 11.8 Å². The molecule has 0 bridgehead atoms. The minimum Gasteiger partial charge on any atom is -0.480 e. The molecule has 0 saturated carbocycles. The lowest BCUT2D eigenvalue weighted by atomic mass is 10.00. The van der Waals surface area contributed by atoms with Gasteiger partial charge < -0.3 is 9.67 Å². The molecule has 4 rings (SSSR count). The van der Waals surface area contributed by atoms with Crippen LogP contribution in [0.5, 0.6) is 0 Å². The van der Waals surface area contributed by atoms with Crippen LogP contribution < -0.4 is 0 Å². The lowest BCUT2D eigenvalue weighted by Gasteiger charge is -2.07. The first-order chi connectivity index (χ1) is 12.0. The Kier molecular flexibility index (Phi) is 4.38. The van der Waals surface area contributed by atoms with Crippen molar-refractivity contribution in [2.75, 3.05) is 5.75 Å². The van der Waals surface area contributed by atoms with Crippen LogP contribution in [0.4, 0.5) is 0 Å². The highest BCUT2D eigenvalue weighted by molar-refractivity contribution is 9.10. The van der Waals surface area contributed by atoms with Gasteiger partial charge in [0.25, 0.3) is 0 Å². The topological polar surface area (TPSA) is 42.2 Å². The predicted molar refractivity (Wildman–Crippen MR) is 106 cm³/mol. The molecule has 0 atom stereocenters. The molecule has 1 aliphatic rings. The molecule has 5 heteroatoms. The molecule has 0 saturated heterocycles. The lowest BCUT2D eigenvalue weighted by Crippen LogP contribution is -2.10. The molecule has 0 spiro atoms. The van der Waals surface area contributed by atoms with Crippen LogP contribution in [0.3, 0.4) is 0 Å². The van der Waals surface area contributed by atoms with Crippen molar-refractivity contribution in [1.29, 1.82) is 0 Å². The van der Waals surface area contributed by atoms with E-state index >= 15 is 0 Å². The molecule has 2 aromatic carbocycles. The summed E-state index contributed by atoms with van der Waals surface area (Å²) in [7, 11) is 0. The Morgan fingerprint density at radius 1 is 1.28 bits per heavy atom. The number of hydrogen-bond donors (Lipinski definition) is 1. The monoisotopic (exact) mass is 415 g/mol. The third kappa shape index (κ3) is 3.11. The fourth-order valence-electron chi connectivity index (χ4n) is 3.64. The quantitative estimate of drug-likeness (QED) is 0.648. The number of fused-ring (bicyclic) bond motifs is 2. The van der Waals surface area contributed by atoms with Gasteiger partial charge in [-0.3, -0.25) is 4.79 Å². The molecule has 1 N–H and O–H groups in total. The Bertz CT molecular complexity index is 993. The molecule has 0 aliphatic carbocycles. The van der Waals surface area contributed by atoms with E-state index in [-0.39, 0.29) is 6.54 Å². The van der Waals surface area contributed by atoms with E-state index in [2.05, 4.69) is 40.2 Å². The van der Waals surface area contributed by atoms with E-state index in [0.29, 0.717) is 0 Å². The third-order valence-corrected chi connectivity index (χ3v) is 6.46. The van der Waals surface area contributed by atoms with Crippen molar-refractivity contribution < 1.29 is 9.90 Å². The van der Waals surface area contributed by atoms with Gasteiger partial charge in [0.15, 0.2) is 0 Å². The number of benzene rings is 2. The van der Waals surface area contributed by atoms with Crippen LogP contribution in [0, 0.1) is 6.92 Å². The largest absolute Gasteiger partial charge is 0.480 e. The Balaban J connectivity index is 1.82. The molecule has 0 radical (unpaired) electrons. The Labute approximate surface area is 159 Å². The van der Waals surface area contributed by atoms with Gasteiger partial charge in [-0.05, 0) is 60.7 Å². The van der Waals surface area contributed by atoms with Crippen LogP contribution in [0.1, 0.15) is 22.4 Å². The highest BCUT2D eigenvalue weighted by Gasteiger charge is 2.18. The SMILES string of the molecule is Cc1c(Cc2ccc3c(c2)CCS3)c2cc(Br)ccc2n1CC(=O)O. The Hall–Kier alpha value is -1.72. The molecule has 25 heavy (non-hydrogen) atoms. The number of carboxylic acid groups (broad SMARTS) is 1. The predicted octanol–water partition coefficient (Wildman–Crippen LogP) is 5.04. The van der Waals surface area contributed by atoms with Crippen molar-refractivity contribution >= 4 is 44.6 Å². The number of carboxylic acids is 1. The minimum atomic E-state index is -0.816. The average molecular weight is 416 g/mol. The highest BCUT2D eigenvalue weighted by atomic mass is 79.9. The smallest absolute Gasteiger partial charge is 0.323 e. The minimum absolute atomic E-state index is 0.00913. The molecule has 2 heterocycles. The zero-order chi connectivity index (χ0) is 17.6. The molecular weight excluding hydrogens is 398 g/mol. The summed E-state index contributed by atoms with van der Waals surface area (Å²) in [6, 6.07) is 12.8. The molecule has 0 amide bonds. The first kappa shape index (κ1) is 16.7. The van der Waals surface area contributed by atoms with Gasteiger partial charge in [0.05, 0.1) is 0 Å². The second-order valence-electron chi connectivity index (χ2n) is 6.42. The number of halogens is 1. The van der Waals surface area contributed by atoms with Crippen LogP contribution >= 0.6 is 27.7 Å².